The molecule has 2 aromatic heterocycles. The zero-order valence-corrected chi connectivity index (χ0v) is 16.9. The molecule has 0 saturated carbocycles. The van der Waals surface area contributed by atoms with Gasteiger partial charge in [-0.05, 0) is 30.7 Å². The predicted octanol–water partition coefficient (Wildman–Crippen LogP) is 3.03. The number of aliphatic hydroxyl groups excluding tert-OH is 1. The molecule has 0 radical (unpaired) electrons. The number of esters is 2. The number of ether oxygens (including phenoxy) is 2. The molecule has 0 aliphatic carbocycles. The van der Waals surface area contributed by atoms with Gasteiger partial charge in [-0.15, -0.1) is 0 Å². The fourth-order valence-electron chi connectivity index (χ4n) is 2.99. The molecule has 2 heterocycles. The molecule has 1 aromatic carbocycles. The normalized spacial score (nSPS) is 12.0. The molecule has 3 rings (SSSR count). The van der Waals surface area contributed by atoms with Crippen LogP contribution in [0.3, 0.4) is 0 Å². The highest BCUT2D eigenvalue weighted by atomic mass is 35.5. The van der Waals surface area contributed by atoms with E-state index in [-0.39, 0.29) is 48.1 Å². The number of aliphatic hydroxyl groups is 1. The highest BCUT2D eigenvalue weighted by molar-refractivity contribution is 6.31. The van der Waals surface area contributed by atoms with Gasteiger partial charge in [-0.3, -0.25) is 9.78 Å². The molecule has 8 nitrogen and oxygen atoms in total. The number of halogens is 2. The molecule has 0 saturated heterocycles. The predicted molar refractivity (Wildman–Crippen MR) is 104 cm³/mol. The molecule has 0 amide bonds. The van der Waals surface area contributed by atoms with Crippen molar-refractivity contribution < 1.29 is 33.0 Å². The molecule has 158 valence electrons. The molecule has 30 heavy (non-hydrogen) atoms. The van der Waals surface area contributed by atoms with Crippen molar-refractivity contribution in [1.29, 1.82) is 0 Å². The third kappa shape index (κ3) is 4.27. The molecule has 0 fully saturated rings. The van der Waals surface area contributed by atoms with Gasteiger partial charge in [0.2, 0.25) is 11.7 Å². The summed E-state index contributed by atoms with van der Waals surface area (Å²) in [6.45, 7) is 1.41. The monoisotopic (exact) mass is 436 g/mol. The Morgan fingerprint density at radius 3 is 2.77 bits per heavy atom. The van der Waals surface area contributed by atoms with Crippen molar-refractivity contribution in [2.24, 2.45) is 0 Å². The molecular weight excluding hydrogens is 419 g/mol. The van der Waals surface area contributed by atoms with E-state index in [1.165, 1.54) is 18.3 Å². The maximum atomic E-state index is 14.6. The van der Waals surface area contributed by atoms with Gasteiger partial charge in [0.05, 0.1) is 24.4 Å². The van der Waals surface area contributed by atoms with Crippen molar-refractivity contribution in [3.63, 3.8) is 0 Å². The summed E-state index contributed by atoms with van der Waals surface area (Å²) in [7, 11) is 1.16. The van der Waals surface area contributed by atoms with Crippen molar-refractivity contribution in [2.75, 3.05) is 20.3 Å². The van der Waals surface area contributed by atoms with Crippen LogP contribution >= 0.6 is 11.6 Å². The summed E-state index contributed by atoms with van der Waals surface area (Å²) in [5, 5.41) is 9.91. The van der Waals surface area contributed by atoms with Crippen molar-refractivity contribution in [3.05, 3.63) is 58.1 Å². The zero-order chi connectivity index (χ0) is 21.8. The second-order valence-corrected chi connectivity index (χ2v) is 6.64. The Morgan fingerprint density at radius 2 is 2.10 bits per heavy atom. The second-order valence-electron chi connectivity index (χ2n) is 6.21. The first-order chi connectivity index (χ1) is 14.4. The van der Waals surface area contributed by atoms with Crippen LogP contribution in [0.1, 0.15) is 40.5 Å². The lowest BCUT2D eigenvalue weighted by molar-refractivity contribution is -0.141. The Bertz CT molecular complexity index is 1100. The van der Waals surface area contributed by atoms with Crippen LogP contribution in [0.15, 0.2) is 28.8 Å². The Kier molecular flexibility index (Phi) is 6.63. The van der Waals surface area contributed by atoms with Gasteiger partial charge in [0, 0.05) is 24.6 Å². The summed E-state index contributed by atoms with van der Waals surface area (Å²) >= 11 is 5.95. The Morgan fingerprint density at radius 1 is 1.33 bits per heavy atom. The summed E-state index contributed by atoms with van der Waals surface area (Å²) in [4.78, 5) is 32.9. The van der Waals surface area contributed by atoms with Crippen LogP contribution in [0.25, 0.3) is 10.9 Å². The van der Waals surface area contributed by atoms with Crippen molar-refractivity contribution >= 4 is 34.4 Å². The fourth-order valence-corrected chi connectivity index (χ4v) is 3.16. The van der Waals surface area contributed by atoms with Crippen molar-refractivity contribution in [1.82, 2.24) is 9.97 Å². The number of fused-ring (bicyclic) bond motifs is 1. The van der Waals surface area contributed by atoms with Crippen LogP contribution in [0.2, 0.25) is 5.02 Å². The average molecular weight is 437 g/mol. The second kappa shape index (κ2) is 9.19. The number of oxazole rings is 1. The number of aromatic nitrogens is 2. The van der Waals surface area contributed by atoms with Crippen molar-refractivity contribution in [3.8, 4) is 0 Å². The minimum Gasteiger partial charge on any atom is -0.468 e. The van der Waals surface area contributed by atoms with E-state index in [1.54, 1.807) is 6.92 Å². The molecule has 0 bridgehead atoms. The molecule has 10 heteroatoms. The van der Waals surface area contributed by atoms with E-state index >= 15 is 0 Å². The first kappa shape index (κ1) is 21.7. The molecule has 1 atom stereocenters. The largest absolute Gasteiger partial charge is 0.468 e. The van der Waals surface area contributed by atoms with Crippen LogP contribution in [0, 0.1) is 5.82 Å². The van der Waals surface area contributed by atoms with Gasteiger partial charge in [-0.25, -0.2) is 14.2 Å². The molecule has 0 aliphatic rings. The summed E-state index contributed by atoms with van der Waals surface area (Å²) in [6, 6.07) is 4.13. The number of pyridine rings is 1. The van der Waals surface area contributed by atoms with Gasteiger partial charge >= 0.3 is 11.9 Å². The van der Waals surface area contributed by atoms with Crippen LogP contribution < -0.4 is 0 Å². The van der Waals surface area contributed by atoms with Gasteiger partial charge in [0.25, 0.3) is 0 Å². The van der Waals surface area contributed by atoms with Gasteiger partial charge in [0.15, 0.2) is 5.92 Å². The first-order valence-corrected chi connectivity index (χ1v) is 9.37. The minimum atomic E-state index is -1.27. The van der Waals surface area contributed by atoms with Crippen LogP contribution in [0.5, 0.6) is 0 Å². The molecule has 1 N–H and O–H groups in total. The number of carbonyl (C=O) groups excluding carboxylic acids is 2. The lowest BCUT2D eigenvalue weighted by Crippen LogP contribution is -2.16. The maximum Gasteiger partial charge on any atom is 0.376 e. The third-order valence-corrected chi connectivity index (χ3v) is 4.47. The summed E-state index contributed by atoms with van der Waals surface area (Å²) in [6.07, 6.45) is 1.31. The number of hydrogen-bond donors (Lipinski definition) is 1. The summed E-state index contributed by atoms with van der Waals surface area (Å²) < 4.78 is 30.0. The van der Waals surface area contributed by atoms with Gasteiger partial charge in [-0.2, -0.15) is 0 Å². The lowest BCUT2D eigenvalue weighted by atomic mass is 9.97. The minimum absolute atomic E-state index is 0.00283. The molecule has 0 spiro atoms. The van der Waals surface area contributed by atoms with E-state index in [0.717, 1.165) is 13.2 Å². The van der Waals surface area contributed by atoms with E-state index < -0.39 is 23.7 Å². The van der Waals surface area contributed by atoms with E-state index in [2.05, 4.69) is 9.97 Å². The number of benzene rings is 1. The fraction of sp³-hybridized carbons (Fsp3) is 0.300. The quantitative estimate of drug-likeness (QED) is 0.562. The maximum absolute atomic E-state index is 14.6. The van der Waals surface area contributed by atoms with E-state index in [9.17, 15) is 19.1 Å². The highest BCUT2D eigenvalue weighted by Crippen LogP contribution is 2.31. The van der Waals surface area contributed by atoms with E-state index in [1.807, 2.05) is 0 Å². The van der Waals surface area contributed by atoms with Crippen molar-refractivity contribution in [2.45, 2.75) is 19.3 Å². The molecule has 0 aliphatic heterocycles. The molecule has 1 unspecified atom stereocenters. The highest BCUT2D eigenvalue weighted by Gasteiger charge is 2.33. The molecular formula is C20H18ClFN2O6. The van der Waals surface area contributed by atoms with Crippen LogP contribution in [-0.4, -0.2) is 47.3 Å². The average Bonchev–Trinajstić information content (AvgIpc) is 3.11. The SMILES string of the molecule is CCOC(=O)c1oc(C(C(=O)OC)c2cc(F)c3ncc(Cl)cc3c2)nc1CCO. The third-order valence-electron chi connectivity index (χ3n) is 4.27. The first-order valence-electron chi connectivity index (χ1n) is 8.99. The van der Waals surface area contributed by atoms with Gasteiger partial charge < -0.3 is 19.0 Å². The summed E-state index contributed by atoms with van der Waals surface area (Å²) in [5.41, 5.74) is 0.362. The Labute approximate surface area is 175 Å². The Hall–Kier alpha value is -3.04. The lowest BCUT2D eigenvalue weighted by Gasteiger charge is -2.13. The standard InChI is InChI=1S/C20H18ClFN2O6/c1-3-29-20(27)17-14(4-5-25)24-18(30-17)15(19(26)28-2)10-6-11-7-12(21)9-23-16(11)13(22)8-10/h6-9,15,25H,3-5H2,1-2H3. The van der Waals surface area contributed by atoms with Gasteiger partial charge in [0.1, 0.15) is 11.3 Å². The van der Waals surface area contributed by atoms with Crippen LogP contribution in [-0.2, 0) is 20.7 Å². The van der Waals surface area contributed by atoms with Crippen LogP contribution in [0.4, 0.5) is 4.39 Å². The molecule has 3 aromatic rings. The number of carbonyl (C=O) groups is 2. The van der Waals surface area contributed by atoms with E-state index in [4.69, 9.17) is 25.5 Å². The number of rotatable bonds is 7. The topological polar surface area (TPSA) is 112 Å². The number of nitrogens with zero attached hydrogens (tertiary/aromatic N) is 2. The van der Waals surface area contributed by atoms with Gasteiger partial charge in [-0.1, -0.05) is 11.6 Å². The smallest absolute Gasteiger partial charge is 0.376 e. The Balaban J connectivity index is 2.16. The van der Waals surface area contributed by atoms with E-state index in [0.29, 0.717) is 10.4 Å². The zero-order valence-electron chi connectivity index (χ0n) is 16.1. The summed E-state index contributed by atoms with van der Waals surface area (Å²) in [5.74, 6) is -3.95. The number of methoxy groups -OCH3 is 1. The number of hydrogen-bond acceptors (Lipinski definition) is 8.